The number of hydrogen-bond donors (Lipinski definition) is 1. The lowest BCUT2D eigenvalue weighted by Gasteiger charge is -2.06. The van der Waals surface area contributed by atoms with E-state index in [1.807, 2.05) is 17.0 Å². The molecular weight excluding hydrogens is 218 g/mol. The molecule has 0 aromatic carbocycles. The van der Waals surface area contributed by atoms with E-state index in [1.54, 1.807) is 0 Å². The topological polar surface area (TPSA) is 51.5 Å². The van der Waals surface area contributed by atoms with E-state index in [-0.39, 0.29) is 12.1 Å². The maximum atomic E-state index is 11.1. The van der Waals surface area contributed by atoms with E-state index in [9.17, 15) is 9.90 Å². The highest BCUT2D eigenvalue weighted by Crippen LogP contribution is 2.29. The number of esters is 1. The van der Waals surface area contributed by atoms with Crippen LogP contribution in [0.4, 0.5) is 0 Å². The number of aromatic nitrogens is 1. The van der Waals surface area contributed by atoms with Gasteiger partial charge in [0.15, 0.2) is 0 Å². The van der Waals surface area contributed by atoms with Gasteiger partial charge in [-0.05, 0) is 24.8 Å². The largest absolute Gasteiger partial charge is 0.469 e. The van der Waals surface area contributed by atoms with Gasteiger partial charge in [-0.3, -0.25) is 4.79 Å². The van der Waals surface area contributed by atoms with Crippen LogP contribution >= 0.6 is 0 Å². The highest BCUT2D eigenvalue weighted by atomic mass is 16.5. The minimum absolute atomic E-state index is 0.200. The molecule has 1 atom stereocenters. The van der Waals surface area contributed by atoms with Gasteiger partial charge in [-0.25, -0.2) is 0 Å². The Morgan fingerprint density at radius 2 is 2.35 bits per heavy atom. The third-order valence-electron chi connectivity index (χ3n) is 3.33. The lowest BCUT2D eigenvalue weighted by atomic mass is 10.1. The first-order valence-corrected chi connectivity index (χ1v) is 6.14. The van der Waals surface area contributed by atoms with Crippen LogP contribution in [-0.4, -0.2) is 22.8 Å². The van der Waals surface area contributed by atoms with Gasteiger partial charge < -0.3 is 14.4 Å². The fourth-order valence-electron chi connectivity index (χ4n) is 2.34. The molecule has 0 saturated heterocycles. The summed E-state index contributed by atoms with van der Waals surface area (Å²) in [5.41, 5.74) is 2.26. The van der Waals surface area contributed by atoms with E-state index >= 15 is 0 Å². The van der Waals surface area contributed by atoms with Crippen molar-refractivity contribution in [1.29, 1.82) is 0 Å². The predicted octanol–water partition coefficient (Wildman–Crippen LogP) is 1.81. The van der Waals surface area contributed by atoms with Crippen molar-refractivity contribution in [3.8, 4) is 0 Å². The van der Waals surface area contributed by atoms with Crippen LogP contribution < -0.4 is 0 Å². The van der Waals surface area contributed by atoms with Gasteiger partial charge in [0.25, 0.3) is 0 Å². The molecular formula is C13H19NO3. The van der Waals surface area contributed by atoms with Crippen LogP contribution in [0.5, 0.6) is 0 Å². The monoisotopic (exact) mass is 237 g/mol. The van der Waals surface area contributed by atoms with Crippen molar-refractivity contribution in [2.75, 3.05) is 7.11 Å². The zero-order valence-corrected chi connectivity index (χ0v) is 10.2. The van der Waals surface area contributed by atoms with Crippen molar-refractivity contribution in [2.24, 2.45) is 0 Å². The van der Waals surface area contributed by atoms with Crippen LogP contribution in [-0.2, 0) is 22.5 Å². The Balaban J connectivity index is 2.06. The summed E-state index contributed by atoms with van der Waals surface area (Å²) >= 11 is 0. The Morgan fingerprint density at radius 3 is 3.12 bits per heavy atom. The molecule has 0 amide bonds. The van der Waals surface area contributed by atoms with E-state index in [0.717, 1.165) is 31.2 Å². The summed E-state index contributed by atoms with van der Waals surface area (Å²) in [6, 6.07) is 0. The Hall–Kier alpha value is -1.29. The average Bonchev–Trinajstić information content (AvgIpc) is 2.67. The minimum atomic E-state index is -0.341. The van der Waals surface area contributed by atoms with Crippen molar-refractivity contribution in [3.63, 3.8) is 0 Å². The van der Waals surface area contributed by atoms with E-state index < -0.39 is 0 Å². The molecule has 1 heterocycles. The Kier molecular flexibility index (Phi) is 3.84. The molecule has 1 N–H and O–H groups in total. The smallest absolute Gasteiger partial charge is 0.307 e. The molecule has 0 bridgehead atoms. The molecule has 1 aromatic rings. The molecule has 4 nitrogen and oxygen atoms in total. The number of carbonyl (C=O) groups is 1. The molecule has 4 heteroatoms. The molecule has 2 rings (SSSR count). The van der Waals surface area contributed by atoms with Crippen LogP contribution in [0.15, 0.2) is 12.4 Å². The maximum absolute atomic E-state index is 11.1. The normalized spacial score (nSPS) is 19.5. The van der Waals surface area contributed by atoms with Crippen molar-refractivity contribution in [3.05, 3.63) is 23.5 Å². The molecule has 0 fully saturated rings. The number of carbonyl (C=O) groups excluding carboxylic acids is 1. The number of nitrogens with zero attached hydrogens (tertiary/aromatic N) is 1. The third-order valence-corrected chi connectivity index (χ3v) is 3.33. The second kappa shape index (κ2) is 5.36. The Morgan fingerprint density at radius 1 is 1.53 bits per heavy atom. The number of ether oxygens (including phenoxy) is 1. The van der Waals surface area contributed by atoms with E-state index in [1.165, 1.54) is 12.7 Å². The van der Waals surface area contributed by atoms with Crippen LogP contribution in [0, 0.1) is 0 Å². The van der Waals surface area contributed by atoms with E-state index in [4.69, 9.17) is 0 Å². The second-order valence-electron chi connectivity index (χ2n) is 4.56. The first-order chi connectivity index (χ1) is 8.20. The predicted molar refractivity (Wildman–Crippen MR) is 63.6 cm³/mol. The van der Waals surface area contributed by atoms with Gasteiger partial charge in [0.2, 0.25) is 0 Å². The third kappa shape index (κ3) is 2.88. The molecule has 0 radical (unpaired) electrons. The lowest BCUT2D eigenvalue weighted by molar-refractivity contribution is -0.140. The van der Waals surface area contributed by atoms with Crippen LogP contribution in [0.1, 0.15) is 42.9 Å². The molecule has 94 valence electrons. The molecule has 17 heavy (non-hydrogen) atoms. The average molecular weight is 237 g/mol. The maximum Gasteiger partial charge on any atom is 0.307 e. The van der Waals surface area contributed by atoms with Crippen molar-refractivity contribution >= 4 is 5.97 Å². The fourth-order valence-corrected chi connectivity index (χ4v) is 2.34. The van der Waals surface area contributed by atoms with Gasteiger partial charge >= 0.3 is 5.97 Å². The van der Waals surface area contributed by atoms with Crippen molar-refractivity contribution < 1.29 is 14.6 Å². The SMILES string of the molecule is COC(=O)CCn1cc2c(c1)C(O)CCCC2. The van der Waals surface area contributed by atoms with Crippen LogP contribution in [0.3, 0.4) is 0 Å². The summed E-state index contributed by atoms with van der Waals surface area (Å²) in [5.74, 6) is -0.200. The van der Waals surface area contributed by atoms with Crippen LogP contribution in [0.25, 0.3) is 0 Å². The first kappa shape index (κ1) is 12.2. The van der Waals surface area contributed by atoms with Gasteiger partial charge in [-0.2, -0.15) is 0 Å². The summed E-state index contributed by atoms with van der Waals surface area (Å²) < 4.78 is 6.60. The summed E-state index contributed by atoms with van der Waals surface area (Å²) in [6.07, 6.45) is 8.13. The van der Waals surface area contributed by atoms with E-state index in [2.05, 4.69) is 4.74 Å². The zero-order valence-electron chi connectivity index (χ0n) is 10.2. The van der Waals surface area contributed by atoms with Gasteiger partial charge in [0, 0.05) is 24.5 Å². The summed E-state index contributed by atoms with van der Waals surface area (Å²) in [4.78, 5) is 11.1. The number of methoxy groups -OCH3 is 1. The molecule has 1 unspecified atom stereocenters. The standard InChI is InChI=1S/C13H19NO3/c1-17-13(16)6-7-14-8-10-4-2-3-5-12(15)11(10)9-14/h8-9,12,15H,2-7H2,1H3. The minimum Gasteiger partial charge on any atom is -0.469 e. The number of hydrogen-bond acceptors (Lipinski definition) is 3. The van der Waals surface area contributed by atoms with Crippen molar-refractivity contribution in [1.82, 2.24) is 4.57 Å². The molecule has 1 aliphatic rings. The van der Waals surface area contributed by atoms with Gasteiger partial charge in [-0.15, -0.1) is 0 Å². The second-order valence-corrected chi connectivity index (χ2v) is 4.56. The van der Waals surface area contributed by atoms with Crippen molar-refractivity contribution in [2.45, 2.75) is 44.8 Å². The lowest BCUT2D eigenvalue weighted by Crippen LogP contribution is -2.05. The summed E-state index contributed by atoms with van der Waals surface area (Å²) in [6.45, 7) is 0.617. The molecule has 0 aliphatic heterocycles. The number of aliphatic hydroxyl groups excluding tert-OH is 1. The fraction of sp³-hybridized carbons (Fsp3) is 0.615. The van der Waals surface area contributed by atoms with Crippen LogP contribution in [0.2, 0.25) is 0 Å². The molecule has 1 aliphatic carbocycles. The quantitative estimate of drug-likeness (QED) is 0.644. The molecule has 1 aromatic heterocycles. The number of fused-ring (bicyclic) bond motifs is 1. The number of aryl methyl sites for hydroxylation is 2. The van der Waals surface area contributed by atoms with Gasteiger partial charge in [0.05, 0.1) is 19.6 Å². The molecule has 0 spiro atoms. The highest BCUT2D eigenvalue weighted by Gasteiger charge is 2.18. The summed E-state index contributed by atoms with van der Waals surface area (Å²) in [5, 5.41) is 9.97. The van der Waals surface area contributed by atoms with Gasteiger partial charge in [0.1, 0.15) is 0 Å². The van der Waals surface area contributed by atoms with Gasteiger partial charge in [-0.1, -0.05) is 6.42 Å². The number of rotatable bonds is 3. The summed E-state index contributed by atoms with van der Waals surface area (Å²) in [7, 11) is 1.40. The Bertz CT molecular complexity index is 397. The molecule has 0 saturated carbocycles. The highest BCUT2D eigenvalue weighted by molar-refractivity contribution is 5.68. The van der Waals surface area contributed by atoms with E-state index in [0.29, 0.717) is 13.0 Å². The number of aliphatic hydroxyl groups is 1. The first-order valence-electron chi connectivity index (χ1n) is 6.14. The Labute approximate surface area is 101 Å². The zero-order chi connectivity index (χ0) is 12.3.